The molecule has 0 fully saturated rings. The van der Waals surface area contributed by atoms with Gasteiger partial charge in [-0.1, -0.05) is 76.2 Å². The lowest BCUT2D eigenvalue weighted by molar-refractivity contribution is 0.457. The Morgan fingerprint density at radius 2 is 1.71 bits per heavy atom. The van der Waals surface area contributed by atoms with Gasteiger partial charge in [0.1, 0.15) is 8.07 Å². The molecular weight excluding hydrogens is 270 g/mol. The van der Waals surface area contributed by atoms with Crippen LogP contribution in [0.5, 0.6) is 0 Å². The summed E-state index contributed by atoms with van der Waals surface area (Å²) in [7, 11) is 2.60. The molecule has 0 saturated carbocycles. The molecule has 0 atom stereocenters. The van der Waals surface area contributed by atoms with E-state index in [1.54, 1.807) is 0 Å². The first-order chi connectivity index (χ1) is 9.63. The molecule has 0 heterocycles. The van der Waals surface area contributed by atoms with Gasteiger partial charge in [0.25, 0.3) is 0 Å². The van der Waals surface area contributed by atoms with Crippen molar-refractivity contribution >= 4 is 13.6 Å². The van der Waals surface area contributed by atoms with Crippen LogP contribution in [0, 0.1) is 11.5 Å². The SMILES string of the molecule is CN(C)C/C=C(/C#C[Si](C)(C)C(C)(C)C)c1ccccc1. The second-order valence-corrected chi connectivity index (χ2v) is 12.4. The summed E-state index contributed by atoms with van der Waals surface area (Å²) in [5, 5.41) is 0.295. The Hall–Kier alpha value is -1.30. The zero-order valence-corrected chi connectivity index (χ0v) is 15.6. The van der Waals surface area contributed by atoms with Crippen LogP contribution in [0.3, 0.4) is 0 Å². The maximum atomic E-state index is 3.62. The van der Waals surface area contributed by atoms with E-state index < -0.39 is 8.07 Å². The predicted molar refractivity (Wildman–Crippen MR) is 97.9 cm³/mol. The molecule has 21 heavy (non-hydrogen) atoms. The van der Waals surface area contributed by atoms with Crippen LogP contribution in [-0.4, -0.2) is 33.6 Å². The lowest BCUT2D eigenvalue weighted by Gasteiger charge is -2.31. The second-order valence-electron chi connectivity index (χ2n) is 7.37. The van der Waals surface area contributed by atoms with Crippen LogP contribution in [0.15, 0.2) is 36.4 Å². The highest BCUT2D eigenvalue weighted by Crippen LogP contribution is 2.35. The van der Waals surface area contributed by atoms with E-state index >= 15 is 0 Å². The minimum Gasteiger partial charge on any atom is -0.306 e. The van der Waals surface area contributed by atoms with Gasteiger partial charge in [0, 0.05) is 12.1 Å². The summed E-state index contributed by atoms with van der Waals surface area (Å²) in [6, 6.07) is 10.5. The zero-order valence-electron chi connectivity index (χ0n) is 14.6. The molecule has 0 unspecified atom stereocenters. The van der Waals surface area contributed by atoms with Gasteiger partial charge in [0.15, 0.2) is 0 Å². The molecule has 0 radical (unpaired) electrons. The topological polar surface area (TPSA) is 3.24 Å². The summed E-state index contributed by atoms with van der Waals surface area (Å²) in [5.74, 6) is 3.48. The van der Waals surface area contributed by atoms with Gasteiger partial charge in [0.05, 0.1) is 0 Å². The van der Waals surface area contributed by atoms with E-state index in [1.165, 1.54) is 5.56 Å². The third-order valence-electron chi connectivity index (χ3n) is 4.13. The molecule has 0 aliphatic rings. The molecule has 114 valence electrons. The molecule has 1 rings (SSSR count). The molecule has 1 nitrogen and oxygen atoms in total. The molecule has 0 aliphatic carbocycles. The van der Waals surface area contributed by atoms with Crippen molar-refractivity contribution in [2.45, 2.75) is 38.9 Å². The third kappa shape index (κ3) is 5.53. The maximum absolute atomic E-state index is 3.62. The van der Waals surface area contributed by atoms with Crippen molar-refractivity contribution in [3.05, 3.63) is 42.0 Å². The highest BCUT2D eigenvalue weighted by molar-refractivity contribution is 6.87. The number of allylic oxidation sites excluding steroid dienone is 1. The van der Waals surface area contributed by atoms with Crippen LogP contribution in [0.2, 0.25) is 18.1 Å². The molecule has 0 amide bonds. The third-order valence-corrected chi connectivity index (χ3v) is 8.63. The Balaban J connectivity index is 3.15. The second kappa shape index (κ2) is 7.11. The number of benzene rings is 1. The number of hydrogen-bond donors (Lipinski definition) is 0. The molecule has 1 aromatic rings. The standard InChI is InChI=1S/C19H29NSi/c1-19(2,3)21(6,7)16-14-18(13-15-20(4)5)17-11-9-8-10-12-17/h8-13H,15H2,1-7H3/b18-13-. The minimum absolute atomic E-state index is 0.295. The summed E-state index contributed by atoms with van der Waals surface area (Å²) >= 11 is 0. The molecule has 2 heteroatoms. The van der Waals surface area contributed by atoms with Gasteiger partial charge in [0.2, 0.25) is 0 Å². The molecule has 0 aliphatic heterocycles. The molecule has 1 aromatic carbocycles. The van der Waals surface area contributed by atoms with Gasteiger partial charge in [-0.2, -0.15) is 0 Å². The fourth-order valence-electron chi connectivity index (χ4n) is 1.54. The lowest BCUT2D eigenvalue weighted by atomic mass is 10.1. The zero-order chi connectivity index (χ0) is 16.1. The van der Waals surface area contributed by atoms with E-state index in [9.17, 15) is 0 Å². The van der Waals surface area contributed by atoms with E-state index in [0.29, 0.717) is 5.04 Å². The summed E-state index contributed by atoms with van der Waals surface area (Å²) in [6.45, 7) is 12.5. The quantitative estimate of drug-likeness (QED) is 0.578. The first-order valence-corrected chi connectivity index (χ1v) is 10.6. The van der Waals surface area contributed by atoms with E-state index in [-0.39, 0.29) is 0 Å². The van der Waals surface area contributed by atoms with E-state index in [0.717, 1.165) is 12.1 Å². The Morgan fingerprint density at radius 1 is 1.14 bits per heavy atom. The molecule has 0 saturated heterocycles. The fraction of sp³-hybridized carbons (Fsp3) is 0.474. The highest BCUT2D eigenvalue weighted by Gasteiger charge is 2.33. The van der Waals surface area contributed by atoms with Crippen molar-refractivity contribution in [3.8, 4) is 11.5 Å². The Bertz CT molecular complexity index is 536. The largest absolute Gasteiger partial charge is 0.306 e. The van der Waals surface area contributed by atoms with Gasteiger partial charge in [-0.25, -0.2) is 0 Å². The maximum Gasteiger partial charge on any atom is 0.138 e. The van der Waals surface area contributed by atoms with Crippen LogP contribution in [-0.2, 0) is 0 Å². The first-order valence-electron chi connectivity index (χ1n) is 7.57. The van der Waals surface area contributed by atoms with Crippen LogP contribution >= 0.6 is 0 Å². The monoisotopic (exact) mass is 299 g/mol. The van der Waals surface area contributed by atoms with Crippen molar-refractivity contribution < 1.29 is 0 Å². The Kier molecular flexibility index (Phi) is 6.01. The Labute approximate surface area is 132 Å². The van der Waals surface area contributed by atoms with Crippen molar-refractivity contribution in [2.75, 3.05) is 20.6 Å². The normalized spacial score (nSPS) is 13.0. The van der Waals surface area contributed by atoms with Gasteiger partial charge < -0.3 is 4.90 Å². The van der Waals surface area contributed by atoms with Crippen LogP contribution in [0.4, 0.5) is 0 Å². The van der Waals surface area contributed by atoms with Gasteiger partial charge in [-0.05, 0) is 24.7 Å². The number of likely N-dealkylation sites (N-methyl/N-ethyl adjacent to an activating group) is 1. The van der Waals surface area contributed by atoms with E-state index in [4.69, 9.17) is 0 Å². The molecule has 0 aromatic heterocycles. The molecule has 0 spiro atoms. The average molecular weight is 300 g/mol. The van der Waals surface area contributed by atoms with E-state index in [1.807, 2.05) is 6.07 Å². The molecular formula is C19H29NSi. The highest BCUT2D eigenvalue weighted by atomic mass is 28.3. The number of hydrogen-bond acceptors (Lipinski definition) is 1. The van der Waals surface area contributed by atoms with Crippen molar-refractivity contribution in [3.63, 3.8) is 0 Å². The molecule has 0 N–H and O–H groups in total. The van der Waals surface area contributed by atoms with Crippen LogP contribution < -0.4 is 0 Å². The summed E-state index contributed by atoms with van der Waals surface area (Å²) in [6.07, 6.45) is 2.23. The number of nitrogens with zero attached hydrogens (tertiary/aromatic N) is 1. The van der Waals surface area contributed by atoms with Gasteiger partial charge in [-0.15, -0.1) is 5.54 Å². The van der Waals surface area contributed by atoms with Gasteiger partial charge in [-0.3, -0.25) is 0 Å². The lowest BCUT2D eigenvalue weighted by Crippen LogP contribution is -2.35. The summed E-state index contributed by atoms with van der Waals surface area (Å²) in [4.78, 5) is 2.16. The minimum atomic E-state index is -1.57. The average Bonchev–Trinajstić information content (AvgIpc) is 2.38. The van der Waals surface area contributed by atoms with Crippen molar-refractivity contribution in [2.24, 2.45) is 0 Å². The van der Waals surface area contributed by atoms with Crippen LogP contribution in [0.25, 0.3) is 5.57 Å². The summed E-state index contributed by atoms with van der Waals surface area (Å²) < 4.78 is 0. The number of rotatable bonds is 3. The van der Waals surface area contributed by atoms with Gasteiger partial charge >= 0.3 is 0 Å². The Morgan fingerprint density at radius 3 is 2.19 bits per heavy atom. The fourth-order valence-corrected chi connectivity index (χ4v) is 2.37. The molecule has 0 bridgehead atoms. The first kappa shape index (κ1) is 17.7. The van der Waals surface area contributed by atoms with E-state index in [2.05, 4.69) is 94.7 Å². The van der Waals surface area contributed by atoms with Crippen LogP contribution in [0.1, 0.15) is 26.3 Å². The summed E-state index contributed by atoms with van der Waals surface area (Å²) in [5.41, 5.74) is 5.98. The smallest absolute Gasteiger partial charge is 0.138 e. The van der Waals surface area contributed by atoms with Crippen molar-refractivity contribution in [1.82, 2.24) is 4.90 Å². The van der Waals surface area contributed by atoms with Crippen molar-refractivity contribution in [1.29, 1.82) is 0 Å². The predicted octanol–water partition coefficient (Wildman–Crippen LogP) is 4.68.